The van der Waals surface area contributed by atoms with E-state index in [2.05, 4.69) is 11.1 Å². The Morgan fingerprint density at radius 2 is 1.83 bits per heavy atom. The van der Waals surface area contributed by atoms with Gasteiger partial charge in [-0.25, -0.2) is 13.9 Å². The number of aromatic nitrogens is 2. The lowest BCUT2D eigenvalue weighted by atomic mass is 10.2. The largest absolute Gasteiger partial charge is 0.236 e. The quantitative estimate of drug-likeness (QED) is 0.468. The fourth-order valence-electron chi connectivity index (χ4n) is 2.55. The maximum absolute atomic E-state index is 13.1. The smallest absolute Gasteiger partial charge is 0.175 e. The van der Waals surface area contributed by atoms with E-state index in [-0.39, 0.29) is 5.82 Å². The average molecular weight is 356 g/mol. The molecule has 24 heavy (non-hydrogen) atoms. The van der Waals surface area contributed by atoms with Gasteiger partial charge in [-0.1, -0.05) is 23.7 Å². The molecular formula is C19H13ClFN2S+. The Balaban J connectivity index is 1.60. The van der Waals surface area contributed by atoms with Gasteiger partial charge in [0.15, 0.2) is 18.9 Å². The summed E-state index contributed by atoms with van der Waals surface area (Å²) in [7, 11) is 0. The van der Waals surface area contributed by atoms with Gasteiger partial charge in [-0.15, -0.1) is 11.3 Å². The van der Waals surface area contributed by atoms with Crippen molar-refractivity contribution in [2.24, 2.45) is 0 Å². The maximum atomic E-state index is 13.1. The van der Waals surface area contributed by atoms with E-state index in [9.17, 15) is 4.39 Å². The zero-order valence-electron chi connectivity index (χ0n) is 12.6. The van der Waals surface area contributed by atoms with Crippen molar-refractivity contribution in [3.8, 4) is 10.6 Å². The van der Waals surface area contributed by atoms with Crippen LogP contribution >= 0.6 is 22.9 Å². The Hall–Kier alpha value is -2.30. The molecule has 5 heteroatoms. The molecule has 0 saturated heterocycles. The van der Waals surface area contributed by atoms with E-state index in [1.807, 2.05) is 47.3 Å². The highest BCUT2D eigenvalue weighted by Gasteiger charge is 2.10. The van der Waals surface area contributed by atoms with Crippen LogP contribution in [0.5, 0.6) is 0 Å². The Morgan fingerprint density at radius 3 is 2.58 bits per heavy atom. The summed E-state index contributed by atoms with van der Waals surface area (Å²) in [5, 5.41) is 1.45. The number of pyridine rings is 1. The van der Waals surface area contributed by atoms with Crippen LogP contribution in [0.4, 0.5) is 4.39 Å². The molecule has 0 aliphatic rings. The highest BCUT2D eigenvalue weighted by Crippen LogP contribution is 2.29. The number of para-hydroxylation sites is 1. The van der Waals surface area contributed by atoms with Gasteiger partial charge in [-0.05, 0) is 30.3 Å². The normalized spacial score (nSPS) is 11.1. The second-order valence-corrected chi connectivity index (χ2v) is 6.92. The lowest BCUT2D eigenvalue weighted by Gasteiger charge is -2.01. The molecule has 0 N–H and O–H groups in total. The van der Waals surface area contributed by atoms with Gasteiger partial charge < -0.3 is 0 Å². The first kappa shape index (κ1) is 15.2. The third kappa shape index (κ3) is 3.03. The van der Waals surface area contributed by atoms with Crippen molar-refractivity contribution in [2.75, 3.05) is 0 Å². The number of nitrogens with zero attached hydrogens (tertiary/aromatic N) is 2. The minimum absolute atomic E-state index is 0.320. The van der Waals surface area contributed by atoms with Gasteiger partial charge in [0, 0.05) is 23.3 Å². The summed E-state index contributed by atoms with van der Waals surface area (Å²) in [6, 6.07) is 16.7. The van der Waals surface area contributed by atoms with Crippen LogP contribution in [-0.4, -0.2) is 4.98 Å². The van der Waals surface area contributed by atoms with Gasteiger partial charge in [-0.3, -0.25) is 0 Å². The van der Waals surface area contributed by atoms with Crippen molar-refractivity contribution in [3.05, 3.63) is 83.4 Å². The summed E-state index contributed by atoms with van der Waals surface area (Å²) in [5.41, 5.74) is 2.99. The molecule has 2 heterocycles. The lowest BCUT2D eigenvalue weighted by molar-refractivity contribution is -0.688. The first-order valence-corrected chi connectivity index (χ1v) is 8.67. The summed E-state index contributed by atoms with van der Waals surface area (Å²) in [6.07, 6.45) is 3.97. The number of hydrogen-bond acceptors (Lipinski definition) is 2. The molecule has 4 aromatic rings. The van der Waals surface area contributed by atoms with Crippen molar-refractivity contribution >= 4 is 33.2 Å². The van der Waals surface area contributed by atoms with Gasteiger partial charge in [0.2, 0.25) is 0 Å². The van der Waals surface area contributed by atoms with Crippen LogP contribution in [-0.2, 0) is 6.54 Å². The van der Waals surface area contributed by atoms with Crippen LogP contribution in [0.15, 0.2) is 67.0 Å². The molecular weight excluding hydrogens is 343 g/mol. The van der Waals surface area contributed by atoms with E-state index < -0.39 is 0 Å². The number of halogens is 2. The highest BCUT2D eigenvalue weighted by atomic mass is 35.5. The fraction of sp³-hybridized carbons (Fsp3) is 0.0526. The number of fused-ring (bicyclic) bond motifs is 1. The predicted octanol–water partition coefficient (Wildman–Crippen LogP) is 5.09. The summed E-state index contributed by atoms with van der Waals surface area (Å²) >= 11 is 7.77. The summed E-state index contributed by atoms with van der Waals surface area (Å²) < 4.78 is 16.3. The number of hydrogen-bond donors (Lipinski definition) is 0. The first-order valence-electron chi connectivity index (χ1n) is 7.48. The van der Waals surface area contributed by atoms with Crippen LogP contribution in [0.2, 0.25) is 5.02 Å². The molecule has 2 nitrogen and oxygen atoms in total. The van der Waals surface area contributed by atoms with Gasteiger partial charge in [0.05, 0.1) is 15.2 Å². The van der Waals surface area contributed by atoms with Crippen LogP contribution in [0, 0.1) is 5.82 Å². The van der Waals surface area contributed by atoms with Crippen LogP contribution in [0.3, 0.4) is 0 Å². The first-order chi connectivity index (χ1) is 11.7. The van der Waals surface area contributed by atoms with E-state index in [1.165, 1.54) is 16.8 Å². The zero-order chi connectivity index (χ0) is 16.5. The number of rotatable bonds is 3. The molecule has 0 atom stereocenters. The minimum Gasteiger partial charge on any atom is -0.236 e. The molecule has 0 aliphatic carbocycles. The van der Waals surface area contributed by atoms with Crippen molar-refractivity contribution in [1.29, 1.82) is 0 Å². The Morgan fingerprint density at radius 1 is 1.04 bits per heavy atom. The predicted molar refractivity (Wildman–Crippen MR) is 95.8 cm³/mol. The van der Waals surface area contributed by atoms with Gasteiger partial charge in [0.1, 0.15) is 10.8 Å². The molecule has 2 aromatic heterocycles. The second kappa shape index (κ2) is 6.30. The fourth-order valence-corrected chi connectivity index (χ4v) is 3.75. The minimum atomic E-state index is -0.320. The molecule has 2 aromatic carbocycles. The summed E-state index contributed by atoms with van der Waals surface area (Å²) in [6.45, 7) is 0.596. The summed E-state index contributed by atoms with van der Waals surface area (Å²) in [4.78, 5) is 4.67. The monoisotopic (exact) mass is 355 g/mol. The van der Waals surface area contributed by atoms with E-state index in [1.54, 1.807) is 17.4 Å². The molecule has 0 radical (unpaired) electrons. The zero-order valence-corrected chi connectivity index (χ0v) is 14.2. The average Bonchev–Trinajstić information content (AvgIpc) is 3.02. The second-order valence-electron chi connectivity index (χ2n) is 5.48. The third-order valence-electron chi connectivity index (χ3n) is 3.80. The van der Waals surface area contributed by atoms with Crippen LogP contribution in [0.1, 0.15) is 5.56 Å². The Bertz CT molecular complexity index is 978. The van der Waals surface area contributed by atoms with E-state index in [0.717, 1.165) is 21.7 Å². The third-order valence-corrected chi connectivity index (χ3v) is 5.24. The lowest BCUT2D eigenvalue weighted by Crippen LogP contribution is -2.33. The van der Waals surface area contributed by atoms with Crippen molar-refractivity contribution in [1.82, 2.24) is 4.98 Å². The van der Waals surface area contributed by atoms with Gasteiger partial charge in [0.25, 0.3) is 0 Å². The molecule has 118 valence electrons. The van der Waals surface area contributed by atoms with Crippen molar-refractivity contribution in [2.45, 2.75) is 6.54 Å². The van der Waals surface area contributed by atoms with Gasteiger partial charge in [-0.2, -0.15) is 0 Å². The molecule has 4 rings (SSSR count). The molecule has 0 spiro atoms. The van der Waals surface area contributed by atoms with Crippen molar-refractivity contribution in [3.63, 3.8) is 0 Å². The maximum Gasteiger partial charge on any atom is 0.175 e. The van der Waals surface area contributed by atoms with Crippen molar-refractivity contribution < 1.29 is 8.96 Å². The molecule has 0 unspecified atom stereocenters. The van der Waals surface area contributed by atoms with Crippen LogP contribution in [0.25, 0.3) is 20.8 Å². The van der Waals surface area contributed by atoms with Gasteiger partial charge >= 0.3 is 0 Å². The van der Waals surface area contributed by atoms with Crippen LogP contribution < -0.4 is 4.57 Å². The topological polar surface area (TPSA) is 16.8 Å². The standard InChI is InChI=1S/C19H13ClFN2S/c20-16-11-15(21)6-5-14(16)12-23-9-7-13(8-10-23)19-22-17-3-1-2-4-18(17)24-19/h1-11H,12H2/q+1. The number of thiazole rings is 1. The highest BCUT2D eigenvalue weighted by molar-refractivity contribution is 7.21. The Labute approximate surface area is 147 Å². The van der Waals surface area contributed by atoms with E-state index in [0.29, 0.717) is 11.6 Å². The molecule has 0 aliphatic heterocycles. The number of benzene rings is 2. The Kier molecular flexibility index (Phi) is 4.00. The SMILES string of the molecule is Fc1ccc(C[n+]2ccc(-c3nc4ccccc4s3)cc2)c(Cl)c1. The van der Waals surface area contributed by atoms with E-state index in [4.69, 9.17) is 11.6 Å². The van der Waals surface area contributed by atoms with E-state index >= 15 is 0 Å². The molecule has 0 saturated carbocycles. The molecule has 0 fully saturated rings. The summed E-state index contributed by atoms with van der Waals surface area (Å²) in [5.74, 6) is -0.320. The molecule has 0 bridgehead atoms. The molecule has 0 amide bonds.